The first-order valence-electron chi connectivity index (χ1n) is 2.38. The van der Waals surface area contributed by atoms with Crippen LogP contribution in [0.25, 0.3) is 0 Å². The van der Waals surface area contributed by atoms with Crippen molar-refractivity contribution in [1.82, 2.24) is 10.2 Å². The zero-order chi connectivity index (χ0) is 8.69. The predicted molar refractivity (Wildman–Crippen MR) is 32.7 cm³/mol. The van der Waals surface area contributed by atoms with Gasteiger partial charge in [-0.2, -0.15) is 6.07 Å². The molecule has 0 atom stereocenters. The van der Waals surface area contributed by atoms with Crippen LogP contribution in [0.5, 0.6) is 0 Å². The molecule has 0 aliphatic carbocycles. The van der Waals surface area contributed by atoms with Crippen LogP contribution in [0.1, 0.15) is 10.5 Å². The molecule has 1 aromatic rings. The molecule has 0 saturated heterocycles. The number of H-pyrrole nitrogens is 1. The molecule has 63 valence electrons. The molecule has 0 spiro atoms. The Morgan fingerprint density at radius 3 is 2.42 bits per heavy atom. The number of carboxylic acids is 1. The standard InChI is InChI=1S/C4H3N2O2.CHO2.Y/c7-4(8)3-1-2-5-6-3;2-1-3;/h1H,(H,5,6)(H,7,8);(H,2,3);/q2*-1;. The van der Waals surface area contributed by atoms with Gasteiger partial charge >= 0.3 is 0 Å². The summed E-state index contributed by atoms with van der Waals surface area (Å²) in [6, 6.07) is 1.27. The summed E-state index contributed by atoms with van der Waals surface area (Å²) in [5.41, 5.74) is 0.0602. The van der Waals surface area contributed by atoms with Crippen molar-refractivity contribution in [3.05, 3.63) is 18.0 Å². The van der Waals surface area contributed by atoms with E-state index in [-0.39, 0.29) is 38.4 Å². The van der Waals surface area contributed by atoms with Gasteiger partial charge < -0.3 is 25.2 Å². The molecule has 1 rings (SSSR count). The molecule has 1 aromatic heterocycles. The van der Waals surface area contributed by atoms with Crippen molar-refractivity contribution in [3.63, 3.8) is 0 Å². The van der Waals surface area contributed by atoms with Gasteiger partial charge in [0.25, 0.3) is 5.97 Å². The van der Waals surface area contributed by atoms with Gasteiger partial charge in [-0.3, -0.25) is 4.79 Å². The molecule has 1 heterocycles. The van der Waals surface area contributed by atoms with Crippen LogP contribution in [-0.4, -0.2) is 32.9 Å². The molecular formula is C5H4N2O4Y-2. The second-order valence-electron chi connectivity index (χ2n) is 1.31. The Morgan fingerprint density at radius 2 is 2.25 bits per heavy atom. The van der Waals surface area contributed by atoms with Crippen LogP contribution in [0, 0.1) is 6.20 Å². The van der Waals surface area contributed by atoms with E-state index < -0.39 is 5.97 Å². The monoisotopic (exact) mass is 245 g/mol. The molecule has 0 aliphatic rings. The van der Waals surface area contributed by atoms with Gasteiger partial charge in [0.2, 0.25) is 0 Å². The van der Waals surface area contributed by atoms with Gasteiger partial charge in [0.1, 0.15) is 0 Å². The van der Waals surface area contributed by atoms with Crippen molar-refractivity contribution < 1.29 is 52.5 Å². The Hall–Kier alpha value is -0.746. The van der Waals surface area contributed by atoms with Crippen LogP contribution in [-0.2, 0) is 37.5 Å². The third kappa shape index (κ3) is 6.00. The topological polar surface area (TPSA) is 103 Å². The number of aromatic carboxylic acids is 1. The first-order chi connectivity index (χ1) is 5.22. The van der Waals surface area contributed by atoms with Crippen molar-refractivity contribution in [2.24, 2.45) is 0 Å². The summed E-state index contributed by atoms with van der Waals surface area (Å²) < 4.78 is 0. The number of hydrogen-bond acceptors (Lipinski definition) is 3. The smallest absolute Gasteiger partial charge is 0.269 e. The van der Waals surface area contributed by atoms with Crippen LogP contribution in [0.15, 0.2) is 6.07 Å². The SMILES string of the molecule is O=C(O)c1c[c-]n[nH]1.O=[C-]O.[Y]. The van der Waals surface area contributed by atoms with Crippen LogP contribution in [0.4, 0.5) is 0 Å². The maximum absolute atomic E-state index is 9.97. The second-order valence-corrected chi connectivity index (χ2v) is 1.31. The van der Waals surface area contributed by atoms with Gasteiger partial charge in [0, 0.05) is 32.7 Å². The Morgan fingerprint density at radius 1 is 1.75 bits per heavy atom. The van der Waals surface area contributed by atoms with Crippen molar-refractivity contribution in [2.45, 2.75) is 0 Å². The zero-order valence-corrected chi connectivity index (χ0v) is 8.65. The molecule has 1 radical (unpaired) electrons. The van der Waals surface area contributed by atoms with Gasteiger partial charge in [-0.15, -0.1) is 6.20 Å². The summed E-state index contributed by atoms with van der Waals surface area (Å²) >= 11 is 0. The molecule has 7 heteroatoms. The molecule has 0 amide bonds. The average Bonchev–Trinajstić information content (AvgIpc) is 2.38. The Bertz CT molecular complexity index is 223. The van der Waals surface area contributed by atoms with Crippen LogP contribution >= 0.6 is 0 Å². The summed E-state index contributed by atoms with van der Waals surface area (Å²) in [4.78, 5) is 18.2. The number of rotatable bonds is 1. The van der Waals surface area contributed by atoms with Gasteiger partial charge in [-0.25, -0.2) is 0 Å². The van der Waals surface area contributed by atoms with Gasteiger partial charge in [0.05, 0.1) is 0 Å². The molecule has 12 heavy (non-hydrogen) atoms. The van der Waals surface area contributed by atoms with Crippen LogP contribution in [0.2, 0.25) is 0 Å². The minimum Gasteiger partial charge on any atom is -0.665 e. The maximum atomic E-state index is 9.97. The van der Waals surface area contributed by atoms with Gasteiger partial charge in [-0.05, 0) is 5.69 Å². The van der Waals surface area contributed by atoms with E-state index in [4.69, 9.17) is 15.0 Å². The Kier molecular flexibility index (Phi) is 9.62. The fourth-order valence-corrected chi connectivity index (χ4v) is 0.331. The molecule has 0 aliphatic heterocycles. The van der Waals surface area contributed by atoms with Gasteiger partial charge in [-0.1, -0.05) is 6.47 Å². The first-order valence-corrected chi connectivity index (χ1v) is 2.38. The summed E-state index contributed by atoms with van der Waals surface area (Å²) in [5.74, 6) is -1.02. The third-order valence-electron chi connectivity index (χ3n) is 0.680. The van der Waals surface area contributed by atoms with E-state index in [2.05, 4.69) is 16.4 Å². The number of carboxylic acid groups (broad SMARTS) is 1. The van der Waals surface area contributed by atoms with Crippen molar-refractivity contribution >= 4 is 12.4 Å². The molecule has 0 aromatic carbocycles. The molecule has 6 nitrogen and oxygen atoms in total. The fourth-order valence-electron chi connectivity index (χ4n) is 0.331. The Labute approximate surface area is 92.9 Å². The molecule has 0 bridgehead atoms. The minimum absolute atomic E-state index is 0. The summed E-state index contributed by atoms with van der Waals surface area (Å²) in [7, 11) is 0. The average molecular weight is 245 g/mol. The zero-order valence-electron chi connectivity index (χ0n) is 5.81. The second kappa shape index (κ2) is 8.35. The normalized spacial score (nSPS) is 7.00. The first kappa shape index (κ1) is 13.8. The predicted octanol–water partition coefficient (Wildman–Crippen LogP) is -0.483. The van der Waals surface area contributed by atoms with Crippen LogP contribution < -0.4 is 0 Å². The number of aromatic nitrogens is 2. The van der Waals surface area contributed by atoms with E-state index in [9.17, 15) is 4.79 Å². The van der Waals surface area contributed by atoms with Crippen molar-refractivity contribution in [3.8, 4) is 0 Å². The molecule has 0 fully saturated rings. The van der Waals surface area contributed by atoms with Gasteiger partial charge in [0.15, 0.2) is 0 Å². The largest absolute Gasteiger partial charge is 0.665 e. The van der Waals surface area contributed by atoms with E-state index >= 15 is 0 Å². The Balaban J connectivity index is 0. The van der Waals surface area contributed by atoms with E-state index in [0.717, 1.165) is 0 Å². The van der Waals surface area contributed by atoms with Crippen molar-refractivity contribution in [1.29, 1.82) is 0 Å². The number of nitrogens with zero attached hydrogens (tertiary/aromatic N) is 1. The third-order valence-corrected chi connectivity index (χ3v) is 0.680. The number of nitrogens with one attached hydrogen (secondary N) is 1. The van der Waals surface area contributed by atoms with E-state index in [1.54, 1.807) is 0 Å². The van der Waals surface area contributed by atoms with Crippen molar-refractivity contribution in [2.75, 3.05) is 0 Å². The summed E-state index contributed by atoms with van der Waals surface area (Å²) in [5, 5.41) is 20.5. The number of hydrogen-bond donors (Lipinski definition) is 3. The fraction of sp³-hybridized carbons (Fsp3) is 0. The quantitative estimate of drug-likeness (QED) is 0.579. The molecular weight excluding hydrogens is 241 g/mol. The molecule has 0 unspecified atom stereocenters. The van der Waals surface area contributed by atoms with Crippen LogP contribution in [0.3, 0.4) is 0 Å². The summed E-state index contributed by atoms with van der Waals surface area (Å²) in [6.07, 6.45) is 2.32. The molecule has 3 N–H and O–H groups in total. The number of carbonyl (C=O) groups is 1. The molecule has 0 saturated carbocycles. The maximum Gasteiger partial charge on any atom is 0.269 e. The summed E-state index contributed by atoms with van der Waals surface area (Å²) in [6.45, 7) is 0.500. The number of aliphatic hydroxyl groups excluding tert-OH is 1. The number of aromatic amines is 1. The minimum atomic E-state index is -1.02. The van der Waals surface area contributed by atoms with E-state index in [0.29, 0.717) is 6.47 Å². The van der Waals surface area contributed by atoms with E-state index in [1.165, 1.54) is 6.07 Å². The van der Waals surface area contributed by atoms with E-state index in [1.807, 2.05) is 0 Å².